The first-order chi connectivity index (χ1) is 13.7. The van der Waals surface area contributed by atoms with Gasteiger partial charge in [-0.2, -0.15) is 5.26 Å². The highest BCUT2D eigenvalue weighted by atomic mass is 14.3. The average Bonchev–Trinajstić information content (AvgIpc) is 2.73. The van der Waals surface area contributed by atoms with Crippen molar-refractivity contribution in [2.75, 3.05) is 0 Å². The third kappa shape index (κ3) is 4.07. The molecule has 28 heavy (non-hydrogen) atoms. The highest BCUT2D eigenvalue weighted by Crippen LogP contribution is 2.36. The lowest BCUT2D eigenvalue weighted by molar-refractivity contribution is 0.737. The molecule has 0 saturated carbocycles. The Morgan fingerprint density at radius 1 is 0.679 bits per heavy atom. The van der Waals surface area contributed by atoms with Crippen LogP contribution in [0.4, 0.5) is 0 Å². The van der Waals surface area contributed by atoms with Crippen LogP contribution in [0.3, 0.4) is 0 Å². The van der Waals surface area contributed by atoms with Crippen LogP contribution in [-0.2, 0) is 19.3 Å². The summed E-state index contributed by atoms with van der Waals surface area (Å²) in [7, 11) is 0. The maximum Gasteiger partial charge on any atom is 0.100 e. The topological polar surface area (TPSA) is 23.8 Å². The van der Waals surface area contributed by atoms with Crippen molar-refractivity contribution in [2.45, 2.75) is 78.6 Å². The monoisotopic (exact) mass is 371 g/mol. The molecule has 1 nitrogen and oxygen atoms in total. The van der Waals surface area contributed by atoms with E-state index in [4.69, 9.17) is 0 Å². The maximum atomic E-state index is 10.2. The predicted octanol–water partition coefficient (Wildman–Crippen LogP) is 7.89. The lowest BCUT2D eigenvalue weighted by Gasteiger charge is -2.21. The fraction of sp³-hybridized carbons (Fsp3) is 0.444. The average molecular weight is 372 g/mol. The van der Waals surface area contributed by atoms with Crippen LogP contribution in [0.15, 0.2) is 36.4 Å². The Bertz CT molecular complexity index is 991. The van der Waals surface area contributed by atoms with Gasteiger partial charge in [0.2, 0.25) is 0 Å². The number of nitrogens with zero attached hydrogens (tertiary/aromatic N) is 1. The molecule has 0 atom stereocenters. The van der Waals surface area contributed by atoms with E-state index in [1.807, 2.05) is 0 Å². The summed E-state index contributed by atoms with van der Waals surface area (Å²) in [5.41, 5.74) is 5.27. The smallest absolute Gasteiger partial charge is 0.100 e. The largest absolute Gasteiger partial charge is 0.192 e. The second kappa shape index (κ2) is 9.74. The van der Waals surface area contributed by atoms with Crippen molar-refractivity contribution in [1.29, 1.82) is 5.26 Å². The number of rotatable bonds is 9. The number of fused-ring (bicyclic) bond motifs is 2. The molecule has 0 fully saturated rings. The van der Waals surface area contributed by atoms with Crippen molar-refractivity contribution in [2.24, 2.45) is 0 Å². The minimum atomic E-state index is 0.931. The van der Waals surface area contributed by atoms with E-state index in [9.17, 15) is 5.26 Å². The summed E-state index contributed by atoms with van der Waals surface area (Å²) in [6.07, 6.45) is 10.4. The predicted molar refractivity (Wildman–Crippen MR) is 122 cm³/mol. The molecule has 0 heterocycles. The van der Waals surface area contributed by atoms with Crippen molar-refractivity contribution in [1.82, 2.24) is 0 Å². The molecule has 0 aliphatic rings. The lowest BCUT2D eigenvalue weighted by Crippen LogP contribution is -2.06. The van der Waals surface area contributed by atoms with Gasteiger partial charge in [0.05, 0.1) is 5.56 Å². The van der Waals surface area contributed by atoms with Crippen LogP contribution in [0.5, 0.6) is 0 Å². The van der Waals surface area contributed by atoms with Gasteiger partial charge in [0.25, 0.3) is 0 Å². The van der Waals surface area contributed by atoms with Crippen molar-refractivity contribution in [3.63, 3.8) is 0 Å². The van der Waals surface area contributed by atoms with E-state index in [-0.39, 0.29) is 0 Å². The minimum Gasteiger partial charge on any atom is -0.192 e. The Morgan fingerprint density at radius 2 is 1.18 bits per heavy atom. The molecule has 0 amide bonds. The Morgan fingerprint density at radius 3 is 1.71 bits per heavy atom. The molecule has 0 unspecified atom stereocenters. The van der Waals surface area contributed by atoms with Gasteiger partial charge in [-0.1, -0.05) is 64.3 Å². The summed E-state index contributed by atoms with van der Waals surface area (Å²) in [4.78, 5) is 0. The van der Waals surface area contributed by atoms with Gasteiger partial charge in [-0.15, -0.1) is 0 Å². The number of hydrogen-bond donors (Lipinski definition) is 0. The van der Waals surface area contributed by atoms with Crippen LogP contribution >= 0.6 is 0 Å². The van der Waals surface area contributed by atoms with Crippen molar-refractivity contribution < 1.29 is 0 Å². The fourth-order valence-electron chi connectivity index (χ4n) is 4.41. The van der Waals surface area contributed by atoms with Crippen LogP contribution < -0.4 is 0 Å². The zero-order valence-electron chi connectivity index (χ0n) is 17.8. The number of unbranched alkanes of at least 4 members (excludes halogenated alkanes) is 3. The lowest BCUT2D eigenvalue weighted by atomic mass is 9.82. The van der Waals surface area contributed by atoms with Crippen molar-refractivity contribution >= 4 is 21.5 Å². The van der Waals surface area contributed by atoms with E-state index >= 15 is 0 Å². The van der Waals surface area contributed by atoms with E-state index < -0.39 is 0 Å². The zero-order valence-corrected chi connectivity index (χ0v) is 17.8. The van der Waals surface area contributed by atoms with Crippen LogP contribution in [-0.4, -0.2) is 0 Å². The Balaban J connectivity index is 2.38. The second-order valence-corrected chi connectivity index (χ2v) is 7.98. The van der Waals surface area contributed by atoms with Crippen LogP contribution in [0, 0.1) is 11.3 Å². The van der Waals surface area contributed by atoms with E-state index in [2.05, 4.69) is 63.2 Å². The second-order valence-electron chi connectivity index (χ2n) is 7.98. The molecular formula is C27H33N. The Hall–Kier alpha value is -2.33. The normalized spacial score (nSPS) is 11.2. The molecule has 0 aromatic heterocycles. The Kier molecular flexibility index (Phi) is 7.10. The van der Waals surface area contributed by atoms with E-state index in [0.29, 0.717) is 0 Å². The molecule has 1 heteroatoms. The molecule has 0 aliphatic carbocycles. The maximum absolute atomic E-state index is 10.2. The SMILES string of the molecule is CCCCc1c(CCCC)c(CCCC)c2cc3ccccc3cc2c1C#N. The highest BCUT2D eigenvalue weighted by Gasteiger charge is 2.19. The minimum absolute atomic E-state index is 0.931. The quantitative estimate of drug-likeness (QED) is 0.351. The third-order valence-electron chi connectivity index (χ3n) is 5.96. The molecule has 146 valence electrons. The van der Waals surface area contributed by atoms with Crippen LogP contribution in [0.2, 0.25) is 0 Å². The molecule has 0 aliphatic heterocycles. The zero-order chi connectivity index (χ0) is 19.9. The standard InChI is InChI=1S/C27H33N/c1-4-7-14-22-23(15-8-5-2)25-17-20-12-10-11-13-21(20)18-26(25)27(19-28)24(22)16-9-6-3/h10-13,17-18H,4-9,14-16H2,1-3H3. The molecule has 0 saturated heterocycles. The van der Waals surface area contributed by atoms with Gasteiger partial charge < -0.3 is 0 Å². The van der Waals surface area contributed by atoms with Crippen molar-refractivity contribution in [3.8, 4) is 6.07 Å². The number of nitriles is 1. The molecule has 0 N–H and O–H groups in total. The summed E-state index contributed by atoms with van der Waals surface area (Å²) in [6.45, 7) is 6.77. The van der Waals surface area contributed by atoms with E-state index in [1.165, 1.54) is 63.9 Å². The first-order valence-electron chi connectivity index (χ1n) is 11.1. The first-order valence-corrected chi connectivity index (χ1v) is 11.1. The first kappa shape index (κ1) is 20.4. The Labute approximate surface area is 170 Å². The number of benzene rings is 3. The van der Waals surface area contributed by atoms with Crippen LogP contribution in [0.1, 0.15) is 81.5 Å². The number of hydrogen-bond acceptors (Lipinski definition) is 1. The van der Waals surface area contributed by atoms with Gasteiger partial charge >= 0.3 is 0 Å². The summed E-state index contributed by atoms with van der Waals surface area (Å²) in [5.74, 6) is 0. The molecule has 0 bridgehead atoms. The fourth-order valence-corrected chi connectivity index (χ4v) is 4.41. The molecule has 0 radical (unpaired) electrons. The summed E-state index contributed by atoms with van der Waals surface area (Å²) >= 11 is 0. The van der Waals surface area contributed by atoms with E-state index in [1.54, 1.807) is 0 Å². The molecule has 3 aromatic carbocycles. The van der Waals surface area contributed by atoms with Gasteiger partial charge in [-0.25, -0.2) is 0 Å². The summed E-state index contributed by atoms with van der Waals surface area (Å²) in [5, 5.41) is 15.1. The highest BCUT2D eigenvalue weighted by molar-refractivity contribution is 6.03. The number of aryl methyl sites for hydroxylation is 1. The van der Waals surface area contributed by atoms with Crippen molar-refractivity contribution in [3.05, 3.63) is 58.7 Å². The molecular weight excluding hydrogens is 338 g/mol. The van der Waals surface area contributed by atoms with E-state index in [0.717, 1.165) is 37.7 Å². The van der Waals surface area contributed by atoms with Gasteiger partial charge in [0, 0.05) is 5.39 Å². The van der Waals surface area contributed by atoms with Crippen LogP contribution in [0.25, 0.3) is 21.5 Å². The summed E-state index contributed by atoms with van der Waals surface area (Å²) in [6, 6.07) is 15.8. The molecule has 0 spiro atoms. The van der Waals surface area contributed by atoms with Gasteiger partial charge in [0.15, 0.2) is 0 Å². The molecule has 3 rings (SSSR count). The summed E-state index contributed by atoms with van der Waals surface area (Å²) < 4.78 is 0. The third-order valence-corrected chi connectivity index (χ3v) is 5.96. The molecule has 3 aromatic rings. The van der Waals surface area contributed by atoms with Gasteiger partial charge in [-0.05, 0) is 83.5 Å². The van der Waals surface area contributed by atoms with Gasteiger partial charge in [0.1, 0.15) is 6.07 Å². The van der Waals surface area contributed by atoms with Gasteiger partial charge in [-0.3, -0.25) is 0 Å².